The Balaban J connectivity index is 1.11. The second kappa shape index (κ2) is 11.8. The highest BCUT2D eigenvalue weighted by Gasteiger charge is 2.21. The Bertz CT molecular complexity index is 3420. The normalized spacial score (nSPS) is 11.6. The predicted octanol–water partition coefficient (Wildman–Crippen LogP) is 13.1. The quantitative estimate of drug-likeness (QED) is 0.169. The van der Waals surface area contributed by atoms with Crippen LogP contribution in [0.5, 0.6) is 0 Å². The number of hydrogen-bond acceptors (Lipinski definition) is 1. The number of nitriles is 1. The number of benzene rings is 8. The van der Waals surface area contributed by atoms with Gasteiger partial charge in [0.25, 0.3) is 0 Å². The van der Waals surface area contributed by atoms with Gasteiger partial charge in [0.1, 0.15) is 0 Å². The Hall–Kier alpha value is -7.86. The molecule has 3 heterocycles. The molecule has 5 nitrogen and oxygen atoms in total. The van der Waals surface area contributed by atoms with Crippen molar-refractivity contribution in [2.75, 3.05) is 0 Å². The van der Waals surface area contributed by atoms with Crippen LogP contribution in [-0.2, 0) is 0 Å². The fourth-order valence-electron chi connectivity index (χ4n) is 8.83. The van der Waals surface area contributed by atoms with Crippen molar-refractivity contribution in [2.45, 2.75) is 0 Å². The number of para-hydroxylation sites is 5. The van der Waals surface area contributed by atoms with Crippen molar-refractivity contribution in [3.05, 3.63) is 193 Å². The van der Waals surface area contributed by atoms with Crippen LogP contribution in [-0.4, -0.2) is 13.7 Å². The summed E-state index contributed by atoms with van der Waals surface area (Å²) in [6, 6.07) is 63.6. The second-order valence-electron chi connectivity index (χ2n) is 13.9. The zero-order chi connectivity index (χ0) is 36.6. The van der Waals surface area contributed by atoms with Crippen LogP contribution < -0.4 is 0 Å². The number of nitrogens with zero attached hydrogens (tertiary/aromatic N) is 5. The summed E-state index contributed by atoms with van der Waals surface area (Å²) in [5.74, 6) is 0. The zero-order valence-corrected chi connectivity index (χ0v) is 29.5. The van der Waals surface area contributed by atoms with Gasteiger partial charge in [-0.3, -0.25) is 0 Å². The summed E-state index contributed by atoms with van der Waals surface area (Å²) in [5, 5.41) is 17.5. The van der Waals surface area contributed by atoms with Gasteiger partial charge in [-0.1, -0.05) is 109 Å². The smallest absolute Gasteiger partial charge is 0.197 e. The number of fused-ring (bicyclic) bond motifs is 9. The molecular weight excluding hydrogens is 671 g/mol. The van der Waals surface area contributed by atoms with Crippen molar-refractivity contribution < 1.29 is 0 Å². The van der Waals surface area contributed by atoms with Crippen LogP contribution in [0, 0.1) is 17.9 Å². The van der Waals surface area contributed by atoms with Crippen molar-refractivity contribution in [3.8, 4) is 34.3 Å². The van der Waals surface area contributed by atoms with E-state index in [0.717, 1.165) is 71.8 Å². The molecular formula is C50H29N5. The standard InChI is InChI=1S/C50H29N5/c1-52-42-18-12-24-49-50(42)40-17-6-11-23-47(40)54(49)33-25-27-35(32(29-33)31-51)36-13-2-9-21-45(36)55-46-22-10-5-16-39(46)41-30-34(26-28-48(41)55)53-43-19-7-3-14-37(43)38-15-4-8-20-44(38)53/h2-30H. The minimum Gasteiger partial charge on any atom is -0.311 e. The van der Waals surface area contributed by atoms with Crippen molar-refractivity contribution in [2.24, 2.45) is 0 Å². The van der Waals surface area contributed by atoms with Crippen LogP contribution in [0.2, 0.25) is 0 Å². The van der Waals surface area contributed by atoms with E-state index in [2.05, 4.69) is 158 Å². The molecule has 0 fully saturated rings. The number of rotatable bonds is 4. The van der Waals surface area contributed by atoms with E-state index in [1.165, 1.54) is 21.8 Å². The molecule has 0 unspecified atom stereocenters. The Labute approximate surface area is 316 Å². The molecule has 0 amide bonds. The zero-order valence-electron chi connectivity index (χ0n) is 29.5. The molecule has 55 heavy (non-hydrogen) atoms. The summed E-state index contributed by atoms with van der Waals surface area (Å²) in [5.41, 5.74) is 12.5. The third kappa shape index (κ3) is 4.39. The highest BCUT2D eigenvalue weighted by Crippen LogP contribution is 2.41. The largest absolute Gasteiger partial charge is 0.311 e. The monoisotopic (exact) mass is 699 g/mol. The lowest BCUT2D eigenvalue weighted by molar-refractivity contribution is 1.16. The Morgan fingerprint density at radius 1 is 0.418 bits per heavy atom. The van der Waals surface area contributed by atoms with Gasteiger partial charge in [-0.25, -0.2) is 4.85 Å². The van der Waals surface area contributed by atoms with Crippen LogP contribution in [0.3, 0.4) is 0 Å². The second-order valence-corrected chi connectivity index (χ2v) is 13.9. The Kier molecular flexibility index (Phi) is 6.61. The van der Waals surface area contributed by atoms with Crippen molar-refractivity contribution >= 4 is 71.1 Å². The maximum Gasteiger partial charge on any atom is 0.197 e. The van der Waals surface area contributed by atoms with E-state index in [4.69, 9.17) is 6.57 Å². The van der Waals surface area contributed by atoms with Crippen molar-refractivity contribution in [1.29, 1.82) is 5.26 Å². The Morgan fingerprint density at radius 2 is 0.927 bits per heavy atom. The van der Waals surface area contributed by atoms with Gasteiger partial charge in [0, 0.05) is 54.9 Å². The van der Waals surface area contributed by atoms with Gasteiger partial charge in [-0.15, -0.1) is 0 Å². The van der Waals surface area contributed by atoms with Crippen molar-refractivity contribution in [1.82, 2.24) is 13.7 Å². The number of aromatic nitrogens is 3. The van der Waals surface area contributed by atoms with E-state index in [9.17, 15) is 5.26 Å². The Morgan fingerprint density at radius 3 is 1.62 bits per heavy atom. The fraction of sp³-hybridized carbons (Fsp3) is 0. The molecule has 0 spiro atoms. The van der Waals surface area contributed by atoms with Crippen LogP contribution in [0.1, 0.15) is 5.56 Å². The molecule has 0 bridgehead atoms. The van der Waals surface area contributed by atoms with Crippen LogP contribution in [0.15, 0.2) is 176 Å². The van der Waals surface area contributed by atoms with Crippen LogP contribution >= 0.6 is 0 Å². The molecule has 0 atom stereocenters. The van der Waals surface area contributed by atoms with Gasteiger partial charge in [0.05, 0.1) is 51.5 Å². The van der Waals surface area contributed by atoms with E-state index in [1.54, 1.807) is 0 Å². The van der Waals surface area contributed by atoms with Crippen LogP contribution in [0.25, 0.3) is 98.5 Å². The first-order chi connectivity index (χ1) is 27.2. The van der Waals surface area contributed by atoms with E-state index in [-0.39, 0.29) is 0 Å². The van der Waals surface area contributed by atoms with E-state index < -0.39 is 0 Å². The summed E-state index contributed by atoms with van der Waals surface area (Å²) >= 11 is 0. The SMILES string of the molecule is [C-]#[N+]c1cccc2c1c1ccccc1n2-c1ccc(-c2ccccc2-n2c3ccccc3c3cc(-n4c5ccccc5c5ccccc54)ccc32)c(C#N)c1. The average Bonchev–Trinajstić information content (AvgIpc) is 3.89. The maximum absolute atomic E-state index is 10.7. The highest BCUT2D eigenvalue weighted by molar-refractivity contribution is 6.15. The predicted molar refractivity (Wildman–Crippen MR) is 226 cm³/mol. The lowest BCUT2D eigenvalue weighted by atomic mass is 9.97. The molecule has 0 aliphatic rings. The molecule has 254 valence electrons. The van der Waals surface area contributed by atoms with Gasteiger partial charge in [-0.2, -0.15) is 5.26 Å². The molecule has 11 aromatic rings. The van der Waals surface area contributed by atoms with Crippen LogP contribution in [0.4, 0.5) is 5.69 Å². The average molecular weight is 700 g/mol. The topological polar surface area (TPSA) is 42.9 Å². The molecule has 0 saturated heterocycles. The molecule has 0 radical (unpaired) electrons. The molecule has 0 N–H and O–H groups in total. The molecule has 11 rings (SSSR count). The fourth-order valence-corrected chi connectivity index (χ4v) is 8.83. The highest BCUT2D eigenvalue weighted by atomic mass is 15.0. The van der Waals surface area contributed by atoms with E-state index >= 15 is 0 Å². The lowest BCUT2D eigenvalue weighted by Gasteiger charge is -2.16. The van der Waals surface area contributed by atoms with Gasteiger partial charge in [-0.05, 0) is 72.1 Å². The summed E-state index contributed by atoms with van der Waals surface area (Å²) in [4.78, 5) is 3.84. The van der Waals surface area contributed by atoms with Gasteiger partial charge < -0.3 is 13.7 Å². The van der Waals surface area contributed by atoms with Gasteiger partial charge in [0.2, 0.25) is 0 Å². The molecule has 5 heteroatoms. The summed E-state index contributed by atoms with van der Waals surface area (Å²) < 4.78 is 6.87. The third-order valence-corrected chi connectivity index (χ3v) is 11.1. The van der Waals surface area contributed by atoms with Gasteiger partial charge in [0.15, 0.2) is 5.69 Å². The summed E-state index contributed by atoms with van der Waals surface area (Å²) in [6.07, 6.45) is 0. The first-order valence-corrected chi connectivity index (χ1v) is 18.3. The lowest BCUT2D eigenvalue weighted by Crippen LogP contribution is -2.00. The first kappa shape index (κ1) is 30.7. The summed E-state index contributed by atoms with van der Waals surface area (Å²) in [6.45, 7) is 7.85. The van der Waals surface area contributed by atoms with Gasteiger partial charge >= 0.3 is 0 Å². The first-order valence-electron chi connectivity index (χ1n) is 18.3. The molecule has 3 aromatic heterocycles. The minimum atomic E-state index is 0.576. The number of hydrogen-bond donors (Lipinski definition) is 0. The molecule has 0 aliphatic carbocycles. The molecule has 0 aliphatic heterocycles. The summed E-state index contributed by atoms with van der Waals surface area (Å²) in [7, 11) is 0. The third-order valence-electron chi connectivity index (χ3n) is 11.1. The van der Waals surface area contributed by atoms with Crippen molar-refractivity contribution in [3.63, 3.8) is 0 Å². The minimum absolute atomic E-state index is 0.576. The maximum atomic E-state index is 10.7. The molecule has 0 saturated carbocycles. The molecule has 8 aromatic carbocycles. The van der Waals surface area contributed by atoms with E-state index in [0.29, 0.717) is 11.3 Å². The van der Waals surface area contributed by atoms with E-state index in [1.807, 2.05) is 42.5 Å².